The molecule has 4 rings (SSSR count). The lowest BCUT2D eigenvalue weighted by Gasteiger charge is -2.30. The van der Waals surface area contributed by atoms with E-state index in [1.165, 1.54) is 36.1 Å². The first-order valence-corrected chi connectivity index (χ1v) is 8.94. The van der Waals surface area contributed by atoms with Crippen molar-refractivity contribution in [3.05, 3.63) is 68.7 Å². The Bertz CT molecular complexity index is 805. The van der Waals surface area contributed by atoms with E-state index in [0.29, 0.717) is 5.75 Å². The van der Waals surface area contributed by atoms with Gasteiger partial charge in [0, 0.05) is 12.1 Å². The summed E-state index contributed by atoms with van der Waals surface area (Å²) in [7, 11) is 0. The van der Waals surface area contributed by atoms with E-state index in [0.717, 1.165) is 19.5 Å². The second kappa shape index (κ2) is 6.65. The summed E-state index contributed by atoms with van der Waals surface area (Å²) >= 11 is 6.24. The Hall–Kier alpha value is -2.11. The predicted molar refractivity (Wildman–Crippen MR) is 96.2 cm³/mol. The molecule has 0 saturated carbocycles. The number of halogens is 1. The molecular formula is C19H19ClN2O3. The number of likely N-dealkylation sites (tertiary alicyclic amines) is 1. The Morgan fingerprint density at radius 2 is 1.92 bits per heavy atom. The van der Waals surface area contributed by atoms with Crippen molar-refractivity contribution in [3.8, 4) is 5.75 Å². The van der Waals surface area contributed by atoms with Crippen molar-refractivity contribution in [2.24, 2.45) is 0 Å². The minimum absolute atomic E-state index is 0.0275. The minimum atomic E-state index is -0.451. The number of ether oxygens (including phenoxy) is 1. The van der Waals surface area contributed by atoms with Crippen LogP contribution >= 0.6 is 11.6 Å². The maximum Gasteiger partial charge on any atom is 0.271 e. The van der Waals surface area contributed by atoms with Crippen molar-refractivity contribution in [3.63, 3.8) is 0 Å². The Kier molecular flexibility index (Phi) is 4.36. The van der Waals surface area contributed by atoms with Crippen LogP contribution in [0.15, 0.2) is 42.5 Å². The van der Waals surface area contributed by atoms with Crippen LogP contribution in [-0.2, 0) is 6.42 Å². The molecule has 0 radical (unpaired) electrons. The SMILES string of the molecule is O=[N+]([O-])c1ccc(O[C@H]2c3ccccc3C[C@@H]2N2CCCC2)c(Cl)c1. The Balaban J connectivity index is 1.65. The van der Waals surface area contributed by atoms with Crippen molar-refractivity contribution in [1.82, 2.24) is 4.90 Å². The lowest BCUT2D eigenvalue weighted by molar-refractivity contribution is -0.384. The van der Waals surface area contributed by atoms with Gasteiger partial charge in [-0.2, -0.15) is 0 Å². The van der Waals surface area contributed by atoms with Crippen LogP contribution in [-0.4, -0.2) is 29.0 Å². The van der Waals surface area contributed by atoms with Gasteiger partial charge in [-0.1, -0.05) is 35.9 Å². The third-order valence-corrected chi connectivity index (χ3v) is 5.43. The molecule has 1 saturated heterocycles. The first-order chi connectivity index (χ1) is 12.1. The highest BCUT2D eigenvalue weighted by Gasteiger charge is 2.39. The molecule has 1 fully saturated rings. The first-order valence-electron chi connectivity index (χ1n) is 8.56. The number of non-ortho nitro benzene ring substituents is 1. The molecule has 2 aromatic rings. The molecule has 1 aliphatic carbocycles. The number of benzene rings is 2. The topological polar surface area (TPSA) is 55.6 Å². The molecule has 2 aromatic carbocycles. The van der Waals surface area contributed by atoms with Gasteiger partial charge in [0.05, 0.1) is 16.0 Å². The predicted octanol–water partition coefficient (Wildman–Crippen LogP) is 4.39. The highest BCUT2D eigenvalue weighted by atomic mass is 35.5. The third-order valence-electron chi connectivity index (χ3n) is 5.13. The summed E-state index contributed by atoms with van der Waals surface area (Å²) in [5.74, 6) is 0.498. The molecule has 0 N–H and O–H groups in total. The van der Waals surface area contributed by atoms with Crippen molar-refractivity contribution in [2.45, 2.75) is 31.4 Å². The fraction of sp³-hybridized carbons (Fsp3) is 0.368. The van der Waals surface area contributed by atoms with Gasteiger partial charge in [0.2, 0.25) is 0 Å². The average Bonchev–Trinajstić information content (AvgIpc) is 3.24. The normalized spacial score (nSPS) is 22.8. The Morgan fingerprint density at radius 3 is 2.64 bits per heavy atom. The van der Waals surface area contributed by atoms with Crippen LogP contribution in [0, 0.1) is 10.1 Å². The van der Waals surface area contributed by atoms with Gasteiger partial charge < -0.3 is 4.74 Å². The molecule has 0 spiro atoms. The summed E-state index contributed by atoms with van der Waals surface area (Å²) in [5.41, 5.74) is 2.47. The highest BCUT2D eigenvalue weighted by molar-refractivity contribution is 6.32. The van der Waals surface area contributed by atoms with Crippen molar-refractivity contribution < 1.29 is 9.66 Å². The second-order valence-corrected chi connectivity index (χ2v) is 7.03. The number of rotatable bonds is 4. The summed E-state index contributed by atoms with van der Waals surface area (Å²) in [6.07, 6.45) is 3.30. The van der Waals surface area contributed by atoms with E-state index in [4.69, 9.17) is 16.3 Å². The van der Waals surface area contributed by atoms with Crippen LogP contribution in [0.3, 0.4) is 0 Å². The van der Waals surface area contributed by atoms with E-state index in [9.17, 15) is 10.1 Å². The summed E-state index contributed by atoms with van der Waals surface area (Å²) in [6, 6.07) is 13.0. The van der Waals surface area contributed by atoms with Crippen LogP contribution in [0.25, 0.3) is 0 Å². The summed E-state index contributed by atoms with van der Waals surface area (Å²) in [5, 5.41) is 11.2. The first kappa shape index (κ1) is 16.4. The Labute approximate surface area is 151 Å². The van der Waals surface area contributed by atoms with Gasteiger partial charge in [0.25, 0.3) is 5.69 Å². The number of nitro benzene ring substituents is 1. The van der Waals surface area contributed by atoms with E-state index in [1.54, 1.807) is 6.07 Å². The molecule has 0 unspecified atom stereocenters. The molecule has 2 aliphatic rings. The van der Waals surface area contributed by atoms with Crippen molar-refractivity contribution >= 4 is 17.3 Å². The fourth-order valence-electron chi connectivity index (χ4n) is 3.91. The number of hydrogen-bond donors (Lipinski definition) is 0. The fourth-order valence-corrected chi connectivity index (χ4v) is 4.13. The zero-order valence-corrected chi connectivity index (χ0v) is 14.5. The third kappa shape index (κ3) is 3.10. The molecule has 2 atom stereocenters. The number of nitrogens with zero attached hydrogens (tertiary/aromatic N) is 2. The van der Waals surface area contributed by atoms with Crippen LogP contribution < -0.4 is 4.74 Å². The van der Waals surface area contributed by atoms with E-state index < -0.39 is 4.92 Å². The maximum atomic E-state index is 10.9. The smallest absolute Gasteiger partial charge is 0.271 e. The number of hydrogen-bond acceptors (Lipinski definition) is 4. The van der Waals surface area contributed by atoms with Gasteiger partial charge >= 0.3 is 0 Å². The van der Waals surface area contributed by atoms with Crippen molar-refractivity contribution in [2.75, 3.05) is 13.1 Å². The summed E-state index contributed by atoms with van der Waals surface area (Å²) in [4.78, 5) is 12.9. The molecule has 25 heavy (non-hydrogen) atoms. The lowest BCUT2D eigenvalue weighted by Crippen LogP contribution is -2.38. The zero-order chi connectivity index (χ0) is 17.4. The standard InChI is InChI=1S/C19H19ClN2O3/c20-16-12-14(22(23)24)7-8-18(16)25-19-15-6-2-1-5-13(15)11-17(19)21-9-3-4-10-21/h1-2,5-8,12,17,19H,3-4,9-11H2/t17-,19-/m0/s1. The Morgan fingerprint density at radius 1 is 1.16 bits per heavy atom. The van der Waals surface area contributed by atoms with Gasteiger partial charge in [-0.25, -0.2) is 0 Å². The quantitative estimate of drug-likeness (QED) is 0.601. The van der Waals surface area contributed by atoms with Crippen LogP contribution in [0.4, 0.5) is 5.69 Å². The van der Waals surface area contributed by atoms with E-state index in [1.807, 2.05) is 6.07 Å². The van der Waals surface area contributed by atoms with Gasteiger partial charge in [0.1, 0.15) is 11.9 Å². The van der Waals surface area contributed by atoms with E-state index in [2.05, 4.69) is 23.1 Å². The van der Waals surface area contributed by atoms with Gasteiger partial charge in [-0.15, -0.1) is 0 Å². The summed E-state index contributed by atoms with van der Waals surface area (Å²) < 4.78 is 6.30. The minimum Gasteiger partial charge on any atom is -0.482 e. The molecule has 1 heterocycles. The maximum absolute atomic E-state index is 10.9. The molecule has 0 aromatic heterocycles. The molecule has 0 bridgehead atoms. The second-order valence-electron chi connectivity index (χ2n) is 6.62. The molecule has 130 valence electrons. The van der Waals surface area contributed by atoms with Gasteiger partial charge in [-0.3, -0.25) is 15.0 Å². The van der Waals surface area contributed by atoms with Crippen molar-refractivity contribution in [1.29, 1.82) is 0 Å². The molecule has 0 amide bonds. The monoisotopic (exact) mass is 358 g/mol. The lowest BCUT2D eigenvalue weighted by atomic mass is 10.1. The van der Waals surface area contributed by atoms with Gasteiger partial charge in [0.15, 0.2) is 0 Å². The molecular weight excluding hydrogens is 340 g/mol. The number of nitro groups is 1. The van der Waals surface area contributed by atoms with E-state index in [-0.39, 0.29) is 22.9 Å². The molecule has 5 nitrogen and oxygen atoms in total. The average molecular weight is 359 g/mol. The van der Waals surface area contributed by atoms with Crippen LogP contribution in [0.5, 0.6) is 5.75 Å². The van der Waals surface area contributed by atoms with Crippen LogP contribution in [0.2, 0.25) is 5.02 Å². The zero-order valence-electron chi connectivity index (χ0n) is 13.7. The summed E-state index contributed by atoms with van der Waals surface area (Å²) in [6.45, 7) is 2.18. The van der Waals surface area contributed by atoms with E-state index >= 15 is 0 Å². The molecule has 6 heteroatoms. The largest absolute Gasteiger partial charge is 0.482 e. The molecule has 1 aliphatic heterocycles. The number of fused-ring (bicyclic) bond motifs is 1. The van der Waals surface area contributed by atoms with Gasteiger partial charge in [-0.05, 0) is 49.5 Å². The van der Waals surface area contributed by atoms with Crippen LogP contribution in [0.1, 0.15) is 30.1 Å². The highest BCUT2D eigenvalue weighted by Crippen LogP contribution is 2.41.